The van der Waals surface area contributed by atoms with Gasteiger partial charge in [-0.2, -0.15) is 0 Å². The van der Waals surface area contributed by atoms with Gasteiger partial charge in [-0.3, -0.25) is 0 Å². The van der Waals surface area contributed by atoms with Crippen LogP contribution in [0.4, 0.5) is 5.69 Å². The van der Waals surface area contributed by atoms with E-state index in [9.17, 15) is 0 Å². The molecule has 15 heavy (non-hydrogen) atoms. The van der Waals surface area contributed by atoms with E-state index in [-0.39, 0.29) is 0 Å². The minimum atomic E-state index is 0.531. The topological polar surface area (TPSA) is 41.6 Å². The SMILES string of the molecule is CCN1Cc2c(ccc(Cl)c2Cl)N=C1N. The van der Waals surface area contributed by atoms with E-state index in [4.69, 9.17) is 28.9 Å². The molecule has 1 aromatic rings. The Kier molecular flexibility index (Phi) is 2.76. The number of nitrogens with zero attached hydrogens (tertiary/aromatic N) is 2. The van der Waals surface area contributed by atoms with Crippen molar-refractivity contribution >= 4 is 34.8 Å². The summed E-state index contributed by atoms with van der Waals surface area (Å²) in [5.74, 6) is 0.531. The van der Waals surface area contributed by atoms with Crippen LogP contribution in [0.2, 0.25) is 10.0 Å². The van der Waals surface area contributed by atoms with Crippen LogP contribution in [0.5, 0.6) is 0 Å². The lowest BCUT2D eigenvalue weighted by Gasteiger charge is -2.27. The Morgan fingerprint density at radius 3 is 2.87 bits per heavy atom. The Hall–Kier alpha value is -0.930. The second-order valence-corrected chi connectivity index (χ2v) is 4.13. The predicted molar refractivity (Wildman–Crippen MR) is 63.8 cm³/mol. The molecule has 0 saturated carbocycles. The fourth-order valence-corrected chi connectivity index (χ4v) is 1.97. The number of benzene rings is 1. The van der Waals surface area contributed by atoms with E-state index in [2.05, 4.69) is 4.99 Å². The molecule has 1 aliphatic heterocycles. The standard InChI is InChI=1S/C10H11Cl2N3/c1-2-15-5-6-8(14-10(15)13)4-3-7(11)9(6)12/h3-4H,2,5H2,1H3,(H2,13,14). The van der Waals surface area contributed by atoms with Gasteiger partial charge in [-0.05, 0) is 19.1 Å². The minimum absolute atomic E-state index is 0.531. The Morgan fingerprint density at radius 2 is 2.20 bits per heavy atom. The van der Waals surface area contributed by atoms with Crippen LogP contribution in [-0.2, 0) is 6.54 Å². The van der Waals surface area contributed by atoms with Gasteiger partial charge in [0.25, 0.3) is 0 Å². The van der Waals surface area contributed by atoms with Crippen molar-refractivity contribution in [3.8, 4) is 0 Å². The maximum Gasteiger partial charge on any atom is 0.196 e. The molecule has 1 aromatic carbocycles. The first-order chi connectivity index (χ1) is 7.13. The smallest absolute Gasteiger partial charge is 0.196 e. The van der Waals surface area contributed by atoms with Crippen LogP contribution in [-0.4, -0.2) is 17.4 Å². The molecular formula is C10H11Cl2N3. The number of aliphatic imine (C=N–C) groups is 1. The third-order valence-electron chi connectivity index (χ3n) is 2.46. The third-order valence-corrected chi connectivity index (χ3v) is 3.30. The van der Waals surface area contributed by atoms with E-state index in [0.29, 0.717) is 22.5 Å². The molecule has 3 nitrogen and oxygen atoms in total. The Bertz CT molecular complexity index is 429. The first-order valence-electron chi connectivity index (χ1n) is 4.69. The van der Waals surface area contributed by atoms with Gasteiger partial charge < -0.3 is 10.6 Å². The number of guanidine groups is 1. The highest BCUT2D eigenvalue weighted by Gasteiger charge is 2.19. The van der Waals surface area contributed by atoms with Crippen molar-refractivity contribution in [2.24, 2.45) is 10.7 Å². The Labute approximate surface area is 98.5 Å². The van der Waals surface area contributed by atoms with Crippen molar-refractivity contribution in [3.63, 3.8) is 0 Å². The maximum absolute atomic E-state index is 6.11. The first kappa shape index (κ1) is 10.6. The van der Waals surface area contributed by atoms with Crippen molar-refractivity contribution in [2.75, 3.05) is 6.54 Å². The van der Waals surface area contributed by atoms with Crippen LogP contribution >= 0.6 is 23.2 Å². The van der Waals surface area contributed by atoms with Crippen LogP contribution in [0.15, 0.2) is 17.1 Å². The molecule has 80 valence electrons. The summed E-state index contributed by atoms with van der Waals surface area (Å²) in [6.07, 6.45) is 0. The van der Waals surface area contributed by atoms with Crippen molar-refractivity contribution in [1.29, 1.82) is 0 Å². The molecule has 0 radical (unpaired) electrons. The maximum atomic E-state index is 6.11. The largest absolute Gasteiger partial charge is 0.369 e. The number of hydrogen-bond acceptors (Lipinski definition) is 3. The second kappa shape index (κ2) is 3.91. The number of nitrogens with two attached hydrogens (primary N) is 1. The Balaban J connectivity index is 2.52. The van der Waals surface area contributed by atoms with Gasteiger partial charge in [-0.15, -0.1) is 0 Å². The lowest BCUT2D eigenvalue weighted by atomic mass is 10.1. The van der Waals surface area contributed by atoms with E-state index in [0.717, 1.165) is 17.8 Å². The quantitative estimate of drug-likeness (QED) is 0.825. The summed E-state index contributed by atoms with van der Waals surface area (Å²) in [4.78, 5) is 6.23. The Morgan fingerprint density at radius 1 is 1.47 bits per heavy atom. The lowest BCUT2D eigenvalue weighted by Crippen LogP contribution is -2.38. The van der Waals surface area contributed by atoms with Crippen molar-refractivity contribution < 1.29 is 0 Å². The van der Waals surface area contributed by atoms with Crippen LogP contribution in [0.3, 0.4) is 0 Å². The number of halogens is 2. The molecule has 0 aromatic heterocycles. The predicted octanol–water partition coefficient (Wildman–Crippen LogP) is 2.78. The minimum Gasteiger partial charge on any atom is -0.369 e. The molecule has 0 bridgehead atoms. The third kappa shape index (κ3) is 1.77. The van der Waals surface area contributed by atoms with E-state index in [1.807, 2.05) is 17.9 Å². The second-order valence-electron chi connectivity index (χ2n) is 3.34. The number of rotatable bonds is 1. The highest BCUT2D eigenvalue weighted by Crippen LogP contribution is 2.35. The molecule has 0 unspecified atom stereocenters. The molecule has 2 rings (SSSR count). The van der Waals surface area contributed by atoms with Crippen LogP contribution in [0.1, 0.15) is 12.5 Å². The molecule has 0 fully saturated rings. The molecule has 0 spiro atoms. The average Bonchev–Trinajstić information content (AvgIpc) is 2.23. The summed E-state index contributed by atoms with van der Waals surface area (Å²) in [6.45, 7) is 3.49. The molecule has 1 heterocycles. The molecule has 0 amide bonds. The molecule has 1 aliphatic rings. The van der Waals surface area contributed by atoms with Gasteiger partial charge in [0.2, 0.25) is 0 Å². The number of fused-ring (bicyclic) bond motifs is 1. The zero-order chi connectivity index (χ0) is 11.0. The van der Waals surface area contributed by atoms with Crippen LogP contribution < -0.4 is 5.73 Å². The van der Waals surface area contributed by atoms with E-state index in [1.54, 1.807) is 6.07 Å². The molecule has 0 atom stereocenters. The van der Waals surface area contributed by atoms with Gasteiger partial charge in [0.15, 0.2) is 5.96 Å². The molecule has 5 heteroatoms. The van der Waals surface area contributed by atoms with E-state index in [1.165, 1.54) is 0 Å². The highest BCUT2D eigenvalue weighted by atomic mass is 35.5. The summed E-state index contributed by atoms with van der Waals surface area (Å²) in [5, 5.41) is 1.13. The summed E-state index contributed by atoms with van der Waals surface area (Å²) >= 11 is 12.1. The summed E-state index contributed by atoms with van der Waals surface area (Å²) in [6, 6.07) is 3.57. The normalized spacial score (nSPS) is 14.9. The summed E-state index contributed by atoms with van der Waals surface area (Å²) < 4.78 is 0. The number of hydrogen-bond donors (Lipinski definition) is 1. The molecular weight excluding hydrogens is 233 g/mol. The summed E-state index contributed by atoms with van der Waals surface area (Å²) in [5.41, 5.74) is 7.55. The van der Waals surface area contributed by atoms with Crippen LogP contribution in [0, 0.1) is 0 Å². The highest BCUT2D eigenvalue weighted by molar-refractivity contribution is 6.42. The van der Waals surface area contributed by atoms with Crippen molar-refractivity contribution in [1.82, 2.24) is 4.90 Å². The fraction of sp³-hybridized carbons (Fsp3) is 0.300. The van der Waals surface area contributed by atoms with E-state index >= 15 is 0 Å². The van der Waals surface area contributed by atoms with Crippen LogP contribution in [0.25, 0.3) is 0 Å². The van der Waals surface area contributed by atoms with Gasteiger partial charge in [0.05, 0.1) is 15.7 Å². The monoisotopic (exact) mass is 243 g/mol. The zero-order valence-electron chi connectivity index (χ0n) is 8.30. The fourth-order valence-electron chi connectivity index (χ4n) is 1.58. The van der Waals surface area contributed by atoms with Gasteiger partial charge in [0.1, 0.15) is 0 Å². The van der Waals surface area contributed by atoms with Gasteiger partial charge >= 0.3 is 0 Å². The average molecular weight is 244 g/mol. The molecule has 2 N–H and O–H groups in total. The zero-order valence-corrected chi connectivity index (χ0v) is 9.81. The molecule has 0 saturated heterocycles. The van der Waals surface area contributed by atoms with Gasteiger partial charge in [-0.25, -0.2) is 4.99 Å². The summed E-state index contributed by atoms with van der Waals surface area (Å²) in [7, 11) is 0. The van der Waals surface area contributed by atoms with Gasteiger partial charge in [0, 0.05) is 18.7 Å². The first-order valence-corrected chi connectivity index (χ1v) is 5.45. The lowest BCUT2D eigenvalue weighted by molar-refractivity contribution is 0.424. The van der Waals surface area contributed by atoms with Crippen molar-refractivity contribution in [3.05, 3.63) is 27.7 Å². The molecule has 0 aliphatic carbocycles. The van der Waals surface area contributed by atoms with Crippen molar-refractivity contribution in [2.45, 2.75) is 13.5 Å². The van der Waals surface area contributed by atoms with E-state index < -0.39 is 0 Å². The van der Waals surface area contributed by atoms with Gasteiger partial charge in [-0.1, -0.05) is 23.2 Å².